The van der Waals surface area contributed by atoms with E-state index in [0.717, 1.165) is 12.0 Å². The Labute approximate surface area is 152 Å². The fourth-order valence-electron chi connectivity index (χ4n) is 3.00. The molecule has 0 bridgehead atoms. The molecule has 0 aliphatic carbocycles. The molecule has 1 heterocycles. The standard InChI is InChI=1S/C19H21FN2O3S/c1-14(15-7-9-17(20)10-8-15)21-19(23)16-5-4-6-18(13-16)22-11-2-3-12-26(22,24)25/h4-10,13-14H,2-3,11-12H2,1H3,(H,21,23)/t14-/m0/s1. The van der Waals surface area contributed by atoms with Gasteiger partial charge in [0.15, 0.2) is 0 Å². The van der Waals surface area contributed by atoms with Crippen LogP contribution in [0.1, 0.15) is 41.7 Å². The van der Waals surface area contributed by atoms with Gasteiger partial charge in [-0.1, -0.05) is 18.2 Å². The maximum atomic E-state index is 13.0. The monoisotopic (exact) mass is 376 g/mol. The van der Waals surface area contributed by atoms with Crippen molar-refractivity contribution in [3.05, 3.63) is 65.5 Å². The minimum atomic E-state index is -3.32. The average molecular weight is 376 g/mol. The van der Waals surface area contributed by atoms with Crippen LogP contribution in [0.2, 0.25) is 0 Å². The Morgan fingerprint density at radius 1 is 1.15 bits per heavy atom. The summed E-state index contributed by atoms with van der Waals surface area (Å²) >= 11 is 0. The summed E-state index contributed by atoms with van der Waals surface area (Å²) in [6.45, 7) is 2.24. The van der Waals surface area contributed by atoms with Crippen LogP contribution in [0.4, 0.5) is 10.1 Å². The van der Waals surface area contributed by atoms with Gasteiger partial charge in [-0.3, -0.25) is 9.10 Å². The van der Waals surface area contributed by atoms with Gasteiger partial charge in [0, 0.05) is 12.1 Å². The molecule has 1 atom stereocenters. The van der Waals surface area contributed by atoms with E-state index in [1.54, 1.807) is 36.4 Å². The third kappa shape index (κ3) is 4.04. The van der Waals surface area contributed by atoms with Crippen molar-refractivity contribution >= 4 is 21.6 Å². The number of amides is 1. The molecule has 1 fully saturated rings. The highest BCUT2D eigenvalue weighted by molar-refractivity contribution is 7.92. The predicted molar refractivity (Wildman–Crippen MR) is 99.1 cm³/mol. The van der Waals surface area contributed by atoms with Gasteiger partial charge in [-0.2, -0.15) is 0 Å². The van der Waals surface area contributed by atoms with Crippen molar-refractivity contribution in [1.29, 1.82) is 0 Å². The number of carbonyl (C=O) groups excluding carboxylic acids is 1. The van der Waals surface area contributed by atoms with Gasteiger partial charge in [0.05, 0.1) is 17.5 Å². The molecule has 3 rings (SSSR count). The van der Waals surface area contributed by atoms with Crippen molar-refractivity contribution in [2.75, 3.05) is 16.6 Å². The van der Waals surface area contributed by atoms with Crippen LogP contribution >= 0.6 is 0 Å². The molecule has 1 aliphatic rings. The van der Waals surface area contributed by atoms with E-state index in [2.05, 4.69) is 5.32 Å². The van der Waals surface area contributed by atoms with Gasteiger partial charge >= 0.3 is 0 Å². The summed E-state index contributed by atoms with van der Waals surface area (Å²) in [6, 6.07) is 12.3. The summed E-state index contributed by atoms with van der Waals surface area (Å²) < 4.78 is 38.9. The first kappa shape index (κ1) is 18.4. The largest absolute Gasteiger partial charge is 0.346 e. The van der Waals surface area contributed by atoms with E-state index in [4.69, 9.17) is 0 Å². The van der Waals surface area contributed by atoms with Crippen molar-refractivity contribution in [3.63, 3.8) is 0 Å². The van der Waals surface area contributed by atoms with Crippen LogP contribution in [-0.4, -0.2) is 26.6 Å². The molecule has 0 aromatic heterocycles. The van der Waals surface area contributed by atoms with Crippen molar-refractivity contribution in [3.8, 4) is 0 Å². The van der Waals surface area contributed by atoms with Crippen molar-refractivity contribution in [1.82, 2.24) is 5.32 Å². The quantitative estimate of drug-likeness (QED) is 0.891. The van der Waals surface area contributed by atoms with E-state index in [9.17, 15) is 17.6 Å². The SMILES string of the molecule is C[C@H](NC(=O)c1cccc(N2CCCCS2(=O)=O)c1)c1ccc(F)cc1. The number of halogens is 1. The number of carbonyl (C=O) groups is 1. The normalized spacial score (nSPS) is 17.5. The summed E-state index contributed by atoms with van der Waals surface area (Å²) in [5.74, 6) is -0.508. The van der Waals surface area contributed by atoms with Gasteiger partial charge in [-0.15, -0.1) is 0 Å². The second-order valence-electron chi connectivity index (χ2n) is 6.39. The van der Waals surface area contributed by atoms with Gasteiger partial charge in [0.1, 0.15) is 5.82 Å². The summed E-state index contributed by atoms with van der Waals surface area (Å²) in [6.07, 6.45) is 1.46. The molecular formula is C19H21FN2O3S. The number of benzene rings is 2. The number of hydrogen-bond donors (Lipinski definition) is 1. The number of sulfonamides is 1. The van der Waals surface area contributed by atoms with E-state index >= 15 is 0 Å². The van der Waals surface area contributed by atoms with Crippen molar-refractivity contribution in [2.24, 2.45) is 0 Å². The third-order valence-corrected chi connectivity index (χ3v) is 6.33. The smallest absolute Gasteiger partial charge is 0.251 e. The molecule has 1 saturated heterocycles. The maximum absolute atomic E-state index is 13.0. The molecule has 0 spiro atoms. The lowest BCUT2D eigenvalue weighted by molar-refractivity contribution is 0.0940. The van der Waals surface area contributed by atoms with Crippen molar-refractivity contribution in [2.45, 2.75) is 25.8 Å². The van der Waals surface area contributed by atoms with Crippen LogP contribution in [0.15, 0.2) is 48.5 Å². The lowest BCUT2D eigenvalue weighted by Crippen LogP contribution is -2.38. The van der Waals surface area contributed by atoms with E-state index in [-0.39, 0.29) is 23.5 Å². The first-order valence-electron chi connectivity index (χ1n) is 8.53. The third-order valence-electron chi connectivity index (χ3n) is 4.46. The maximum Gasteiger partial charge on any atom is 0.251 e. The molecule has 1 aliphatic heterocycles. The Hall–Kier alpha value is -2.41. The molecule has 1 amide bonds. The van der Waals surface area contributed by atoms with Crippen molar-refractivity contribution < 1.29 is 17.6 Å². The Balaban J connectivity index is 1.77. The van der Waals surface area contributed by atoms with E-state index in [1.807, 2.05) is 6.92 Å². The first-order chi connectivity index (χ1) is 12.4. The predicted octanol–water partition coefficient (Wildman–Crippen LogP) is 3.25. The Kier molecular flexibility index (Phi) is 5.27. The zero-order valence-corrected chi connectivity index (χ0v) is 15.3. The molecule has 2 aromatic carbocycles. The average Bonchev–Trinajstić information content (AvgIpc) is 2.62. The summed E-state index contributed by atoms with van der Waals surface area (Å²) in [5.41, 5.74) is 1.68. The van der Waals surface area contributed by atoms with Crippen LogP contribution < -0.4 is 9.62 Å². The lowest BCUT2D eigenvalue weighted by atomic mass is 10.1. The topological polar surface area (TPSA) is 66.5 Å². The highest BCUT2D eigenvalue weighted by Gasteiger charge is 2.26. The zero-order chi connectivity index (χ0) is 18.7. The van der Waals surface area contributed by atoms with Gasteiger partial charge < -0.3 is 5.32 Å². The number of rotatable bonds is 4. The Bertz CT molecular complexity index is 897. The molecule has 7 heteroatoms. The molecule has 138 valence electrons. The van der Waals surface area contributed by atoms with Crippen LogP contribution in [0, 0.1) is 5.82 Å². The summed E-state index contributed by atoms with van der Waals surface area (Å²) in [5, 5.41) is 2.85. The van der Waals surface area contributed by atoms with E-state index in [1.165, 1.54) is 16.4 Å². The molecule has 26 heavy (non-hydrogen) atoms. The van der Waals surface area contributed by atoms with Gasteiger partial charge in [-0.05, 0) is 55.7 Å². The number of anilines is 1. The Morgan fingerprint density at radius 3 is 2.58 bits per heavy atom. The van der Waals surface area contributed by atoms with Gasteiger partial charge in [0.2, 0.25) is 10.0 Å². The number of hydrogen-bond acceptors (Lipinski definition) is 3. The summed E-state index contributed by atoms with van der Waals surface area (Å²) in [7, 11) is -3.32. The van der Waals surface area contributed by atoms with Crippen LogP contribution in [0.25, 0.3) is 0 Å². The minimum absolute atomic E-state index is 0.130. The second kappa shape index (κ2) is 7.45. The fourth-order valence-corrected chi connectivity index (χ4v) is 4.63. The number of nitrogens with zero attached hydrogens (tertiary/aromatic N) is 1. The first-order valence-corrected chi connectivity index (χ1v) is 10.1. The second-order valence-corrected chi connectivity index (χ2v) is 8.41. The highest BCUT2D eigenvalue weighted by atomic mass is 32.2. The molecule has 0 saturated carbocycles. The highest BCUT2D eigenvalue weighted by Crippen LogP contribution is 2.24. The summed E-state index contributed by atoms with van der Waals surface area (Å²) in [4.78, 5) is 12.5. The fraction of sp³-hybridized carbons (Fsp3) is 0.316. The molecule has 5 nitrogen and oxygen atoms in total. The van der Waals surface area contributed by atoms with E-state index < -0.39 is 10.0 Å². The van der Waals surface area contributed by atoms with Gasteiger partial charge in [-0.25, -0.2) is 12.8 Å². The minimum Gasteiger partial charge on any atom is -0.346 e. The molecule has 0 unspecified atom stereocenters. The van der Waals surface area contributed by atoms with Crippen LogP contribution in [0.5, 0.6) is 0 Å². The number of nitrogens with one attached hydrogen (secondary N) is 1. The molecular weight excluding hydrogens is 355 g/mol. The van der Waals surface area contributed by atoms with E-state index in [0.29, 0.717) is 24.2 Å². The van der Waals surface area contributed by atoms with Gasteiger partial charge in [0.25, 0.3) is 5.91 Å². The molecule has 2 aromatic rings. The van der Waals surface area contributed by atoms with Crippen LogP contribution in [-0.2, 0) is 10.0 Å². The van der Waals surface area contributed by atoms with Crippen LogP contribution in [0.3, 0.4) is 0 Å². The zero-order valence-electron chi connectivity index (χ0n) is 14.5. The molecule has 1 N–H and O–H groups in total. The lowest BCUT2D eigenvalue weighted by Gasteiger charge is -2.28. The Morgan fingerprint density at radius 2 is 1.88 bits per heavy atom. The molecule has 0 radical (unpaired) electrons.